The van der Waals surface area contributed by atoms with Crippen LogP contribution in [0.3, 0.4) is 0 Å². The van der Waals surface area contributed by atoms with Gasteiger partial charge in [-0.15, -0.1) is 11.3 Å². The summed E-state index contributed by atoms with van der Waals surface area (Å²) in [6.45, 7) is 1.90. The highest BCUT2D eigenvalue weighted by molar-refractivity contribution is 7.15. The molecule has 0 fully saturated rings. The van der Waals surface area contributed by atoms with Gasteiger partial charge in [0, 0.05) is 4.88 Å². The topological polar surface area (TPSA) is 68.0 Å². The fourth-order valence-corrected chi connectivity index (χ4v) is 2.84. The Hall–Kier alpha value is -0.940. The Morgan fingerprint density at radius 1 is 1.56 bits per heavy atom. The summed E-state index contributed by atoms with van der Waals surface area (Å²) >= 11 is 1.59. The number of hydrogen-bond acceptors (Lipinski definition) is 4. The van der Waals surface area contributed by atoms with Crippen LogP contribution in [0.5, 0.6) is 0 Å². The molecular weight excluding hydrogens is 222 g/mol. The van der Waals surface area contributed by atoms with Crippen LogP contribution in [0.25, 0.3) is 0 Å². The molecule has 4 nitrogen and oxygen atoms in total. The predicted molar refractivity (Wildman–Crippen MR) is 65.7 cm³/mol. The normalized spacial score (nSPS) is 16.6. The van der Waals surface area contributed by atoms with Crippen molar-refractivity contribution in [2.75, 3.05) is 5.32 Å². The van der Waals surface area contributed by atoms with Crippen LogP contribution < -0.4 is 11.1 Å². The van der Waals surface area contributed by atoms with E-state index in [0.29, 0.717) is 11.6 Å². The molecule has 1 aliphatic rings. The Bertz CT molecular complexity index is 365. The zero-order chi connectivity index (χ0) is 11.5. The van der Waals surface area contributed by atoms with Crippen LogP contribution >= 0.6 is 11.3 Å². The van der Waals surface area contributed by atoms with E-state index in [1.54, 1.807) is 11.3 Å². The van der Waals surface area contributed by atoms with E-state index in [1.807, 2.05) is 6.92 Å². The minimum Gasteiger partial charge on any atom is -0.320 e. The fraction of sp³-hybridized carbons (Fsp3) is 0.636. The lowest BCUT2D eigenvalue weighted by Gasteiger charge is -2.06. The van der Waals surface area contributed by atoms with Crippen LogP contribution in [0.2, 0.25) is 0 Å². The average molecular weight is 239 g/mol. The molecule has 1 heterocycles. The molecule has 2 rings (SSSR count). The highest BCUT2D eigenvalue weighted by atomic mass is 32.1. The van der Waals surface area contributed by atoms with Crippen molar-refractivity contribution in [1.29, 1.82) is 0 Å². The second kappa shape index (κ2) is 4.93. The van der Waals surface area contributed by atoms with E-state index in [2.05, 4.69) is 10.3 Å². The Morgan fingerprint density at radius 2 is 2.31 bits per heavy atom. The van der Waals surface area contributed by atoms with Crippen LogP contribution in [-0.4, -0.2) is 16.9 Å². The molecule has 16 heavy (non-hydrogen) atoms. The van der Waals surface area contributed by atoms with Gasteiger partial charge in [-0.3, -0.25) is 4.79 Å². The summed E-state index contributed by atoms with van der Waals surface area (Å²) in [5, 5.41) is 3.50. The van der Waals surface area contributed by atoms with Gasteiger partial charge in [0.1, 0.15) is 0 Å². The molecule has 0 spiro atoms. The van der Waals surface area contributed by atoms with Crippen LogP contribution in [0, 0.1) is 0 Å². The summed E-state index contributed by atoms with van der Waals surface area (Å²) in [6.07, 6.45) is 5.23. The van der Waals surface area contributed by atoms with Crippen molar-refractivity contribution in [2.45, 2.75) is 45.1 Å². The fourth-order valence-electron chi connectivity index (χ4n) is 1.79. The Labute approximate surface area is 99.3 Å². The summed E-state index contributed by atoms with van der Waals surface area (Å²) in [5.74, 6) is -0.131. The highest BCUT2D eigenvalue weighted by Crippen LogP contribution is 2.29. The van der Waals surface area contributed by atoms with Gasteiger partial charge < -0.3 is 11.1 Å². The van der Waals surface area contributed by atoms with Gasteiger partial charge in [-0.2, -0.15) is 0 Å². The maximum Gasteiger partial charge on any atom is 0.243 e. The van der Waals surface area contributed by atoms with Gasteiger partial charge >= 0.3 is 0 Å². The van der Waals surface area contributed by atoms with Gasteiger partial charge in [0.05, 0.1) is 11.7 Å². The number of aromatic nitrogens is 1. The number of fused-ring (bicyclic) bond motifs is 1. The minimum atomic E-state index is -0.430. The van der Waals surface area contributed by atoms with E-state index >= 15 is 0 Å². The molecule has 0 unspecified atom stereocenters. The molecule has 88 valence electrons. The molecule has 0 radical (unpaired) electrons. The molecule has 0 aromatic carbocycles. The van der Waals surface area contributed by atoms with Gasteiger partial charge in [0.15, 0.2) is 5.13 Å². The molecule has 0 bridgehead atoms. The number of nitrogens with one attached hydrogen (secondary N) is 1. The van der Waals surface area contributed by atoms with Crippen molar-refractivity contribution < 1.29 is 4.79 Å². The molecule has 5 heteroatoms. The molecule has 1 aromatic heterocycles. The summed E-state index contributed by atoms with van der Waals surface area (Å²) in [6, 6.07) is -0.430. The first kappa shape index (κ1) is 11.5. The number of carbonyl (C=O) groups excluding carboxylic acids is 1. The Morgan fingerprint density at radius 3 is 3.00 bits per heavy atom. The van der Waals surface area contributed by atoms with Gasteiger partial charge in [-0.05, 0) is 32.1 Å². The summed E-state index contributed by atoms with van der Waals surface area (Å²) in [5.41, 5.74) is 6.81. The first-order valence-corrected chi connectivity index (χ1v) is 6.57. The number of nitrogens with two attached hydrogens (primary N) is 1. The summed E-state index contributed by atoms with van der Waals surface area (Å²) < 4.78 is 0. The summed E-state index contributed by atoms with van der Waals surface area (Å²) in [7, 11) is 0. The molecule has 1 amide bonds. The number of rotatable bonds is 3. The standard InChI is InChI=1S/C11H17N3OS/c1-2-7(12)10(15)14-11-13-8-5-3-4-6-9(8)16-11/h7H,2-6,12H2,1H3,(H,13,14,15)/t7-/m1/s1. The van der Waals surface area contributed by atoms with Crippen LogP contribution in [0.1, 0.15) is 36.8 Å². The SMILES string of the molecule is CC[C@@H](N)C(=O)Nc1nc2c(s1)CCCC2. The van der Waals surface area contributed by atoms with Gasteiger partial charge in [-0.25, -0.2) is 4.98 Å². The first-order chi connectivity index (χ1) is 7.70. The van der Waals surface area contributed by atoms with E-state index < -0.39 is 6.04 Å². The Kier molecular flexibility index (Phi) is 3.56. The van der Waals surface area contributed by atoms with Gasteiger partial charge in [0.2, 0.25) is 5.91 Å². The second-order valence-electron chi connectivity index (χ2n) is 4.10. The predicted octanol–water partition coefficient (Wildman–Crippen LogP) is 1.70. The first-order valence-electron chi connectivity index (χ1n) is 5.75. The van der Waals surface area contributed by atoms with E-state index in [9.17, 15) is 4.79 Å². The molecular formula is C11H17N3OS. The average Bonchev–Trinajstić information content (AvgIpc) is 2.69. The lowest BCUT2D eigenvalue weighted by molar-refractivity contribution is -0.117. The monoisotopic (exact) mass is 239 g/mol. The van der Waals surface area contributed by atoms with E-state index in [4.69, 9.17) is 5.73 Å². The lowest BCUT2D eigenvalue weighted by Crippen LogP contribution is -2.34. The highest BCUT2D eigenvalue weighted by Gasteiger charge is 2.18. The van der Waals surface area contributed by atoms with E-state index in [0.717, 1.165) is 18.5 Å². The second-order valence-corrected chi connectivity index (χ2v) is 5.18. The molecule has 0 aliphatic heterocycles. The quantitative estimate of drug-likeness (QED) is 0.843. The van der Waals surface area contributed by atoms with Crippen LogP contribution in [-0.2, 0) is 17.6 Å². The zero-order valence-electron chi connectivity index (χ0n) is 9.45. The van der Waals surface area contributed by atoms with Crippen molar-refractivity contribution in [3.63, 3.8) is 0 Å². The third-order valence-corrected chi connectivity index (χ3v) is 3.93. The van der Waals surface area contributed by atoms with Gasteiger partial charge in [0.25, 0.3) is 0 Å². The van der Waals surface area contributed by atoms with Crippen molar-refractivity contribution >= 4 is 22.4 Å². The maximum absolute atomic E-state index is 11.6. The van der Waals surface area contributed by atoms with Crippen molar-refractivity contribution in [3.05, 3.63) is 10.6 Å². The van der Waals surface area contributed by atoms with Crippen LogP contribution in [0.4, 0.5) is 5.13 Å². The number of aryl methyl sites for hydroxylation is 2. The largest absolute Gasteiger partial charge is 0.320 e. The molecule has 1 aliphatic carbocycles. The number of nitrogens with zero attached hydrogens (tertiary/aromatic N) is 1. The van der Waals surface area contributed by atoms with Crippen molar-refractivity contribution in [1.82, 2.24) is 4.98 Å². The molecule has 0 saturated carbocycles. The lowest BCUT2D eigenvalue weighted by atomic mass is 10.0. The number of thiazole rings is 1. The number of amides is 1. The number of anilines is 1. The van der Waals surface area contributed by atoms with Crippen molar-refractivity contribution in [2.24, 2.45) is 5.73 Å². The van der Waals surface area contributed by atoms with Gasteiger partial charge in [-0.1, -0.05) is 6.92 Å². The summed E-state index contributed by atoms with van der Waals surface area (Å²) in [4.78, 5) is 17.4. The number of hydrogen-bond donors (Lipinski definition) is 2. The smallest absolute Gasteiger partial charge is 0.243 e. The Balaban J connectivity index is 2.05. The zero-order valence-corrected chi connectivity index (χ0v) is 10.3. The minimum absolute atomic E-state index is 0.131. The third kappa shape index (κ3) is 2.41. The van der Waals surface area contributed by atoms with E-state index in [-0.39, 0.29) is 5.91 Å². The number of carbonyl (C=O) groups is 1. The third-order valence-electron chi connectivity index (χ3n) is 2.85. The molecule has 0 saturated heterocycles. The molecule has 1 atom stereocenters. The molecule has 1 aromatic rings. The van der Waals surface area contributed by atoms with E-state index in [1.165, 1.54) is 17.7 Å². The molecule has 3 N–H and O–H groups in total. The van der Waals surface area contributed by atoms with Crippen molar-refractivity contribution in [3.8, 4) is 0 Å². The maximum atomic E-state index is 11.6. The van der Waals surface area contributed by atoms with Crippen LogP contribution in [0.15, 0.2) is 0 Å².